The Balaban J connectivity index is 1.68. The zero-order valence-corrected chi connectivity index (χ0v) is 13.6. The van der Waals surface area contributed by atoms with E-state index in [2.05, 4.69) is 43.0 Å². The summed E-state index contributed by atoms with van der Waals surface area (Å²) in [5.74, 6) is 2.61. The molecule has 0 spiro atoms. The summed E-state index contributed by atoms with van der Waals surface area (Å²) < 4.78 is 0. The van der Waals surface area contributed by atoms with Crippen molar-refractivity contribution in [3.63, 3.8) is 0 Å². The normalized spacial score (nSPS) is 27.2. The number of fused-ring (bicyclic) bond motifs is 1. The third-order valence-corrected chi connectivity index (χ3v) is 5.43. The highest BCUT2D eigenvalue weighted by molar-refractivity contribution is 5.26. The summed E-state index contributed by atoms with van der Waals surface area (Å²) in [4.78, 5) is 2.64. The molecule has 1 aromatic carbocycles. The van der Waals surface area contributed by atoms with E-state index in [0.717, 1.165) is 24.3 Å². The number of likely N-dealkylation sites (tertiary alicyclic amines) is 1. The van der Waals surface area contributed by atoms with Gasteiger partial charge in [-0.1, -0.05) is 44.5 Å². The molecule has 3 rings (SSSR count). The quantitative estimate of drug-likeness (QED) is 0.896. The van der Waals surface area contributed by atoms with Gasteiger partial charge >= 0.3 is 0 Å². The van der Waals surface area contributed by atoms with E-state index in [1.54, 1.807) is 0 Å². The molecule has 1 saturated heterocycles. The lowest BCUT2D eigenvalue weighted by Crippen LogP contribution is -2.32. The Labute approximate surface area is 129 Å². The Morgan fingerprint density at radius 3 is 2.24 bits per heavy atom. The second kappa shape index (κ2) is 6.50. The largest absolute Gasteiger partial charge is 0.329 e. The first-order valence-electron chi connectivity index (χ1n) is 8.70. The van der Waals surface area contributed by atoms with Crippen molar-refractivity contribution in [2.75, 3.05) is 19.6 Å². The van der Waals surface area contributed by atoms with Gasteiger partial charge in [0.2, 0.25) is 0 Å². The molecular formula is C19H30N2. The van der Waals surface area contributed by atoms with Crippen molar-refractivity contribution >= 4 is 0 Å². The van der Waals surface area contributed by atoms with Crippen LogP contribution in [0, 0.1) is 17.8 Å². The fraction of sp³-hybridized carbons (Fsp3) is 0.684. The molecule has 2 N–H and O–H groups in total. The molecule has 0 radical (unpaired) electrons. The van der Waals surface area contributed by atoms with E-state index in [1.165, 1.54) is 49.9 Å². The van der Waals surface area contributed by atoms with Gasteiger partial charge in [0.25, 0.3) is 0 Å². The van der Waals surface area contributed by atoms with Crippen LogP contribution in [-0.2, 0) is 6.42 Å². The van der Waals surface area contributed by atoms with E-state index in [4.69, 9.17) is 5.73 Å². The number of nitrogens with zero attached hydrogens (tertiary/aromatic N) is 1. The van der Waals surface area contributed by atoms with E-state index < -0.39 is 0 Å². The van der Waals surface area contributed by atoms with Gasteiger partial charge in [-0.3, -0.25) is 4.90 Å². The second-order valence-electron chi connectivity index (χ2n) is 7.50. The van der Waals surface area contributed by atoms with Crippen molar-refractivity contribution in [3.8, 4) is 0 Å². The molecule has 1 aliphatic heterocycles. The minimum absolute atomic E-state index is 0.420. The van der Waals surface area contributed by atoms with Crippen LogP contribution >= 0.6 is 0 Å². The molecule has 2 fully saturated rings. The Hall–Kier alpha value is -0.860. The lowest BCUT2D eigenvalue weighted by molar-refractivity contribution is 0.232. The first kappa shape index (κ1) is 15.1. The average Bonchev–Trinajstić information content (AvgIpc) is 3.02. The molecule has 1 heterocycles. The van der Waals surface area contributed by atoms with Crippen molar-refractivity contribution in [2.24, 2.45) is 23.5 Å². The summed E-state index contributed by atoms with van der Waals surface area (Å²) in [5.41, 5.74) is 8.97. The molecule has 1 aromatic rings. The number of rotatable bonds is 5. The van der Waals surface area contributed by atoms with E-state index >= 15 is 0 Å². The first-order valence-corrected chi connectivity index (χ1v) is 8.70. The standard InChI is InChI=1S/C19H30N2/c1-14(2)10-15-6-8-16(9-7-15)19(11-20)21-12-17-4-3-5-18(17)13-21/h6-9,14,17-19H,3-5,10-13,20H2,1-2H3. The Morgan fingerprint density at radius 1 is 1.10 bits per heavy atom. The third-order valence-electron chi connectivity index (χ3n) is 5.43. The molecule has 0 amide bonds. The topological polar surface area (TPSA) is 29.3 Å². The summed E-state index contributed by atoms with van der Waals surface area (Å²) in [5, 5.41) is 0. The summed E-state index contributed by atoms with van der Waals surface area (Å²) >= 11 is 0. The molecule has 2 heteroatoms. The monoisotopic (exact) mass is 286 g/mol. The highest BCUT2D eigenvalue weighted by Crippen LogP contribution is 2.40. The number of benzene rings is 1. The van der Waals surface area contributed by atoms with Crippen LogP contribution < -0.4 is 5.73 Å². The maximum atomic E-state index is 6.11. The fourth-order valence-electron chi connectivity index (χ4n) is 4.37. The maximum absolute atomic E-state index is 6.11. The van der Waals surface area contributed by atoms with E-state index in [0.29, 0.717) is 6.04 Å². The lowest BCUT2D eigenvalue weighted by atomic mass is 9.99. The van der Waals surface area contributed by atoms with E-state index in [1.807, 2.05) is 0 Å². The maximum Gasteiger partial charge on any atom is 0.0470 e. The number of nitrogens with two attached hydrogens (primary N) is 1. The van der Waals surface area contributed by atoms with Crippen molar-refractivity contribution in [1.82, 2.24) is 4.90 Å². The molecule has 2 nitrogen and oxygen atoms in total. The van der Waals surface area contributed by atoms with Gasteiger partial charge in [-0.2, -0.15) is 0 Å². The van der Waals surface area contributed by atoms with Crippen molar-refractivity contribution in [3.05, 3.63) is 35.4 Å². The Morgan fingerprint density at radius 2 is 1.71 bits per heavy atom. The molecule has 0 aromatic heterocycles. The van der Waals surface area contributed by atoms with Crippen LogP contribution in [0.1, 0.15) is 50.3 Å². The summed E-state index contributed by atoms with van der Waals surface area (Å²) in [6.07, 6.45) is 5.49. The van der Waals surface area contributed by atoms with Gasteiger partial charge in [0.1, 0.15) is 0 Å². The zero-order chi connectivity index (χ0) is 14.8. The Bertz CT molecular complexity index is 439. The zero-order valence-electron chi connectivity index (χ0n) is 13.6. The minimum atomic E-state index is 0.420. The predicted molar refractivity (Wildman–Crippen MR) is 89.2 cm³/mol. The number of hydrogen-bond donors (Lipinski definition) is 1. The second-order valence-corrected chi connectivity index (χ2v) is 7.50. The van der Waals surface area contributed by atoms with E-state index in [9.17, 15) is 0 Å². The van der Waals surface area contributed by atoms with Gasteiger partial charge in [-0.25, -0.2) is 0 Å². The summed E-state index contributed by atoms with van der Waals surface area (Å²) in [6, 6.07) is 9.64. The molecule has 21 heavy (non-hydrogen) atoms. The van der Waals surface area contributed by atoms with Crippen molar-refractivity contribution in [2.45, 2.75) is 45.6 Å². The van der Waals surface area contributed by atoms with Gasteiger partial charge in [0, 0.05) is 25.7 Å². The molecular weight excluding hydrogens is 256 g/mol. The van der Waals surface area contributed by atoms with Crippen LogP contribution in [-0.4, -0.2) is 24.5 Å². The Kier molecular flexibility index (Phi) is 4.66. The average molecular weight is 286 g/mol. The van der Waals surface area contributed by atoms with Crippen LogP contribution in [0.15, 0.2) is 24.3 Å². The van der Waals surface area contributed by atoms with Crippen LogP contribution in [0.5, 0.6) is 0 Å². The van der Waals surface area contributed by atoms with Crippen molar-refractivity contribution < 1.29 is 0 Å². The fourth-order valence-corrected chi connectivity index (χ4v) is 4.37. The molecule has 116 valence electrons. The highest BCUT2D eigenvalue weighted by atomic mass is 15.2. The highest BCUT2D eigenvalue weighted by Gasteiger charge is 2.38. The summed E-state index contributed by atoms with van der Waals surface area (Å²) in [7, 11) is 0. The minimum Gasteiger partial charge on any atom is -0.329 e. The molecule has 3 atom stereocenters. The SMILES string of the molecule is CC(C)Cc1ccc(C(CN)N2CC3CCCC3C2)cc1. The third kappa shape index (κ3) is 3.32. The van der Waals surface area contributed by atoms with Gasteiger partial charge in [-0.05, 0) is 48.1 Å². The van der Waals surface area contributed by atoms with Gasteiger partial charge in [0.05, 0.1) is 0 Å². The van der Waals surface area contributed by atoms with Crippen LogP contribution in [0.3, 0.4) is 0 Å². The van der Waals surface area contributed by atoms with Gasteiger partial charge < -0.3 is 5.73 Å². The first-order chi connectivity index (χ1) is 10.2. The number of hydrogen-bond acceptors (Lipinski definition) is 2. The molecule has 1 saturated carbocycles. The molecule has 0 bridgehead atoms. The lowest BCUT2D eigenvalue weighted by Gasteiger charge is -2.28. The molecule has 1 aliphatic carbocycles. The van der Waals surface area contributed by atoms with E-state index in [-0.39, 0.29) is 0 Å². The van der Waals surface area contributed by atoms with Gasteiger partial charge in [-0.15, -0.1) is 0 Å². The smallest absolute Gasteiger partial charge is 0.0470 e. The van der Waals surface area contributed by atoms with Crippen LogP contribution in [0.2, 0.25) is 0 Å². The van der Waals surface area contributed by atoms with Gasteiger partial charge in [0.15, 0.2) is 0 Å². The van der Waals surface area contributed by atoms with Crippen molar-refractivity contribution in [1.29, 1.82) is 0 Å². The van der Waals surface area contributed by atoms with Crippen LogP contribution in [0.25, 0.3) is 0 Å². The van der Waals surface area contributed by atoms with Crippen LogP contribution in [0.4, 0.5) is 0 Å². The molecule has 2 aliphatic rings. The summed E-state index contributed by atoms with van der Waals surface area (Å²) in [6.45, 7) is 7.82. The molecule has 3 unspecified atom stereocenters. The predicted octanol–water partition coefficient (Wildman–Crippen LogP) is 3.62.